The topological polar surface area (TPSA) is 74.5 Å². The molecular formula is C14H16N6. The Kier molecular flexibility index (Phi) is 2.78. The lowest BCUT2D eigenvalue weighted by Gasteiger charge is -2.02. The number of aryl methyl sites for hydroxylation is 3. The van der Waals surface area contributed by atoms with Gasteiger partial charge in [0.15, 0.2) is 0 Å². The first-order valence-corrected chi connectivity index (χ1v) is 6.32. The summed E-state index contributed by atoms with van der Waals surface area (Å²) in [6.45, 7) is 1.96. The van der Waals surface area contributed by atoms with E-state index in [1.54, 1.807) is 15.6 Å². The van der Waals surface area contributed by atoms with E-state index >= 15 is 0 Å². The number of anilines is 1. The molecule has 0 atom stereocenters. The maximum Gasteiger partial charge on any atom is 0.131 e. The van der Waals surface area contributed by atoms with Crippen molar-refractivity contribution in [2.24, 2.45) is 14.1 Å². The number of rotatable bonds is 2. The quantitative estimate of drug-likeness (QED) is 0.768. The standard InChI is InChI=1S/C14H16N6/c1-9-10(8-19(2)17-9)13-12(14(15)20(3)18-13)11-6-4-5-7-16-11/h4-8H,15H2,1-3H3. The molecule has 0 saturated carbocycles. The van der Waals surface area contributed by atoms with E-state index in [1.165, 1.54) is 0 Å². The first-order chi connectivity index (χ1) is 9.58. The number of hydrogen-bond donors (Lipinski definition) is 1. The maximum absolute atomic E-state index is 6.16. The van der Waals surface area contributed by atoms with Crippen molar-refractivity contribution in [2.75, 3.05) is 5.73 Å². The zero-order chi connectivity index (χ0) is 14.3. The van der Waals surface area contributed by atoms with Gasteiger partial charge in [-0.05, 0) is 19.1 Å². The normalized spacial score (nSPS) is 10.9. The van der Waals surface area contributed by atoms with Crippen LogP contribution in [-0.4, -0.2) is 24.5 Å². The van der Waals surface area contributed by atoms with Gasteiger partial charge in [0, 0.05) is 32.1 Å². The van der Waals surface area contributed by atoms with E-state index in [1.807, 2.05) is 45.4 Å². The molecule has 3 rings (SSSR count). The molecule has 3 heterocycles. The van der Waals surface area contributed by atoms with E-state index in [0.717, 1.165) is 28.2 Å². The molecule has 0 amide bonds. The molecule has 3 aromatic rings. The van der Waals surface area contributed by atoms with E-state index in [4.69, 9.17) is 5.73 Å². The number of nitrogen functional groups attached to an aromatic ring is 1. The van der Waals surface area contributed by atoms with E-state index in [-0.39, 0.29) is 0 Å². The van der Waals surface area contributed by atoms with Crippen LogP contribution >= 0.6 is 0 Å². The van der Waals surface area contributed by atoms with Crippen molar-refractivity contribution in [3.63, 3.8) is 0 Å². The first-order valence-electron chi connectivity index (χ1n) is 6.32. The van der Waals surface area contributed by atoms with Crippen LogP contribution < -0.4 is 5.73 Å². The molecule has 0 bridgehead atoms. The summed E-state index contributed by atoms with van der Waals surface area (Å²) in [7, 11) is 3.72. The first kappa shape index (κ1) is 12.4. The van der Waals surface area contributed by atoms with Crippen LogP contribution in [0.1, 0.15) is 5.69 Å². The fourth-order valence-corrected chi connectivity index (χ4v) is 2.32. The molecule has 0 radical (unpaired) electrons. The van der Waals surface area contributed by atoms with E-state index in [0.29, 0.717) is 5.82 Å². The molecule has 102 valence electrons. The Labute approximate surface area is 116 Å². The largest absolute Gasteiger partial charge is 0.383 e. The monoisotopic (exact) mass is 268 g/mol. The molecule has 0 unspecified atom stereocenters. The second-order valence-corrected chi connectivity index (χ2v) is 4.75. The Balaban J connectivity index is 2.28. The van der Waals surface area contributed by atoms with Crippen LogP contribution in [0.25, 0.3) is 22.5 Å². The van der Waals surface area contributed by atoms with E-state index in [9.17, 15) is 0 Å². The van der Waals surface area contributed by atoms with Gasteiger partial charge >= 0.3 is 0 Å². The summed E-state index contributed by atoms with van der Waals surface area (Å²) in [5.41, 5.74) is 10.5. The Morgan fingerprint density at radius 3 is 2.55 bits per heavy atom. The minimum absolute atomic E-state index is 0.599. The molecule has 6 nitrogen and oxygen atoms in total. The highest BCUT2D eigenvalue weighted by Crippen LogP contribution is 2.35. The van der Waals surface area contributed by atoms with Crippen LogP contribution in [0.2, 0.25) is 0 Å². The van der Waals surface area contributed by atoms with Crippen LogP contribution in [0.4, 0.5) is 5.82 Å². The van der Waals surface area contributed by atoms with Crippen molar-refractivity contribution >= 4 is 5.82 Å². The molecule has 0 aromatic carbocycles. The highest BCUT2D eigenvalue weighted by Gasteiger charge is 2.20. The van der Waals surface area contributed by atoms with Gasteiger partial charge in [0.05, 0.1) is 17.0 Å². The van der Waals surface area contributed by atoms with Crippen LogP contribution in [0.15, 0.2) is 30.6 Å². The number of pyridine rings is 1. The summed E-state index contributed by atoms with van der Waals surface area (Å²) in [5.74, 6) is 0.599. The van der Waals surface area contributed by atoms with Crippen molar-refractivity contribution in [3.8, 4) is 22.5 Å². The average molecular weight is 268 g/mol. The summed E-state index contributed by atoms with van der Waals surface area (Å²) in [6, 6.07) is 5.75. The van der Waals surface area contributed by atoms with Crippen molar-refractivity contribution in [2.45, 2.75) is 6.92 Å². The van der Waals surface area contributed by atoms with Crippen LogP contribution in [-0.2, 0) is 14.1 Å². The lowest BCUT2D eigenvalue weighted by Crippen LogP contribution is -1.98. The predicted molar refractivity (Wildman–Crippen MR) is 77.8 cm³/mol. The number of aromatic nitrogens is 5. The summed E-state index contributed by atoms with van der Waals surface area (Å²) in [4.78, 5) is 4.39. The number of hydrogen-bond acceptors (Lipinski definition) is 4. The molecule has 0 aliphatic heterocycles. The zero-order valence-corrected chi connectivity index (χ0v) is 11.7. The van der Waals surface area contributed by atoms with Gasteiger partial charge in [0.25, 0.3) is 0 Å². The highest BCUT2D eigenvalue weighted by atomic mass is 15.3. The molecule has 0 aliphatic rings. The molecular weight excluding hydrogens is 252 g/mol. The maximum atomic E-state index is 6.16. The molecule has 0 spiro atoms. The number of nitrogens with two attached hydrogens (primary N) is 1. The third kappa shape index (κ3) is 1.85. The third-order valence-corrected chi connectivity index (χ3v) is 3.28. The Hall–Kier alpha value is -2.63. The van der Waals surface area contributed by atoms with Gasteiger partial charge < -0.3 is 5.73 Å². The van der Waals surface area contributed by atoms with E-state index < -0.39 is 0 Å². The Morgan fingerprint density at radius 2 is 1.95 bits per heavy atom. The summed E-state index contributed by atoms with van der Waals surface area (Å²) in [5, 5.41) is 8.90. The van der Waals surface area contributed by atoms with Crippen molar-refractivity contribution < 1.29 is 0 Å². The molecule has 2 N–H and O–H groups in total. The second kappa shape index (κ2) is 4.48. The second-order valence-electron chi connectivity index (χ2n) is 4.75. The molecule has 3 aromatic heterocycles. The third-order valence-electron chi connectivity index (χ3n) is 3.28. The van der Waals surface area contributed by atoms with Crippen LogP contribution in [0.5, 0.6) is 0 Å². The summed E-state index contributed by atoms with van der Waals surface area (Å²) < 4.78 is 3.45. The lowest BCUT2D eigenvalue weighted by molar-refractivity contribution is 0.756. The lowest BCUT2D eigenvalue weighted by atomic mass is 10.1. The minimum atomic E-state index is 0.599. The fourth-order valence-electron chi connectivity index (χ4n) is 2.32. The number of nitrogens with zero attached hydrogens (tertiary/aromatic N) is 5. The van der Waals surface area contributed by atoms with Gasteiger partial charge in [-0.25, -0.2) is 0 Å². The van der Waals surface area contributed by atoms with Gasteiger partial charge in [0.1, 0.15) is 11.5 Å². The summed E-state index contributed by atoms with van der Waals surface area (Å²) >= 11 is 0. The SMILES string of the molecule is Cc1nn(C)cc1-c1nn(C)c(N)c1-c1ccccn1. The van der Waals surface area contributed by atoms with Gasteiger partial charge in [-0.1, -0.05) is 6.07 Å². The van der Waals surface area contributed by atoms with Crippen LogP contribution in [0, 0.1) is 6.92 Å². The van der Waals surface area contributed by atoms with Crippen LogP contribution in [0.3, 0.4) is 0 Å². The predicted octanol–water partition coefficient (Wildman–Crippen LogP) is 1.77. The van der Waals surface area contributed by atoms with E-state index in [2.05, 4.69) is 15.2 Å². The van der Waals surface area contributed by atoms with Gasteiger partial charge in [-0.3, -0.25) is 14.3 Å². The smallest absolute Gasteiger partial charge is 0.131 e. The van der Waals surface area contributed by atoms with Gasteiger partial charge in [0.2, 0.25) is 0 Å². The summed E-state index contributed by atoms with van der Waals surface area (Å²) in [6.07, 6.45) is 3.70. The average Bonchev–Trinajstić information content (AvgIpc) is 2.91. The molecule has 0 fully saturated rings. The van der Waals surface area contributed by atoms with Gasteiger partial charge in [-0.15, -0.1) is 0 Å². The zero-order valence-electron chi connectivity index (χ0n) is 11.7. The Morgan fingerprint density at radius 1 is 1.15 bits per heavy atom. The minimum Gasteiger partial charge on any atom is -0.383 e. The highest BCUT2D eigenvalue weighted by molar-refractivity contribution is 5.86. The van der Waals surface area contributed by atoms with Crippen molar-refractivity contribution in [1.82, 2.24) is 24.5 Å². The van der Waals surface area contributed by atoms with Crippen molar-refractivity contribution in [1.29, 1.82) is 0 Å². The molecule has 0 saturated heterocycles. The van der Waals surface area contributed by atoms with Crippen molar-refractivity contribution in [3.05, 3.63) is 36.3 Å². The van der Waals surface area contributed by atoms with Gasteiger partial charge in [-0.2, -0.15) is 10.2 Å². The molecule has 20 heavy (non-hydrogen) atoms. The molecule has 6 heteroatoms. The fraction of sp³-hybridized carbons (Fsp3) is 0.214. The molecule has 0 aliphatic carbocycles. The Bertz CT molecular complexity index is 754.